The minimum Gasteiger partial charge on any atom is -0.447 e. The maximum atomic E-state index is 11.7. The van der Waals surface area contributed by atoms with Crippen LogP contribution in [0.5, 0.6) is 0 Å². The Balaban J connectivity index is 4.57. The second-order valence-electron chi connectivity index (χ2n) is 4.29. The van der Waals surface area contributed by atoms with E-state index >= 15 is 0 Å². The normalized spacial score (nSPS) is 12.7. The first-order valence-electron chi connectivity index (χ1n) is 6.75. The summed E-state index contributed by atoms with van der Waals surface area (Å²) in [5.74, 6) is -4.08. The summed E-state index contributed by atoms with van der Waals surface area (Å²) in [6.07, 6.45) is -2.16. The summed E-state index contributed by atoms with van der Waals surface area (Å²) in [6, 6.07) is 0. The molecule has 0 aliphatic rings. The minimum atomic E-state index is -1.99. The molecule has 0 radical (unpaired) electrons. The van der Waals surface area contributed by atoms with Crippen molar-refractivity contribution in [2.45, 2.75) is 45.4 Å². The van der Waals surface area contributed by atoms with Gasteiger partial charge in [-0.2, -0.15) is 0 Å². The van der Waals surface area contributed by atoms with Crippen molar-refractivity contribution in [3.63, 3.8) is 0 Å². The third-order valence-corrected chi connectivity index (χ3v) is 2.32. The molecule has 23 heavy (non-hydrogen) atoms. The molecular weight excluding hydrogens is 316 g/mol. The van der Waals surface area contributed by atoms with Crippen LogP contribution >= 0.6 is 0 Å². The first kappa shape index (κ1) is 20.8. The number of hydrogen-bond donors (Lipinski definition) is 3. The fraction of sp³-hybridized carbons (Fsp3) is 0.667. The molecule has 0 fully saturated rings. The summed E-state index contributed by atoms with van der Waals surface area (Å²) in [5, 5.41) is 15.2. The number of nitrogens with two attached hydrogens (primary N) is 1. The number of amides is 1. The van der Waals surface area contributed by atoms with Crippen molar-refractivity contribution in [1.82, 2.24) is 5.32 Å². The molecule has 0 saturated heterocycles. The number of nitrogens with one attached hydrogen (secondary N) is 1. The van der Waals surface area contributed by atoms with E-state index in [0.29, 0.717) is 12.8 Å². The van der Waals surface area contributed by atoms with E-state index in [4.69, 9.17) is 10.5 Å². The Morgan fingerprint density at radius 1 is 1.17 bits per heavy atom. The van der Waals surface area contributed by atoms with Gasteiger partial charge in [0.2, 0.25) is 18.2 Å². The van der Waals surface area contributed by atoms with Gasteiger partial charge in [-0.15, -0.1) is 0 Å². The number of unbranched alkanes of at least 4 members (excludes halogenated alkanes) is 1. The van der Waals surface area contributed by atoms with E-state index in [1.54, 1.807) is 0 Å². The molecule has 0 saturated carbocycles. The van der Waals surface area contributed by atoms with E-state index in [2.05, 4.69) is 14.8 Å². The van der Waals surface area contributed by atoms with Gasteiger partial charge in [-0.25, -0.2) is 14.4 Å². The number of carbonyl (C=O) groups is 4. The first-order chi connectivity index (χ1) is 10.8. The molecule has 0 rings (SSSR count). The summed E-state index contributed by atoms with van der Waals surface area (Å²) in [7, 11) is 0. The van der Waals surface area contributed by atoms with Crippen LogP contribution in [-0.2, 0) is 38.7 Å². The van der Waals surface area contributed by atoms with E-state index in [-0.39, 0.29) is 6.42 Å². The van der Waals surface area contributed by atoms with Crippen molar-refractivity contribution in [3.8, 4) is 0 Å². The smallest absolute Gasteiger partial charge is 0.386 e. The number of carbonyl (C=O) groups excluding carboxylic acids is 4. The van der Waals surface area contributed by atoms with Crippen molar-refractivity contribution in [2.75, 3.05) is 6.54 Å². The Kier molecular flexibility index (Phi) is 10.2. The van der Waals surface area contributed by atoms with Gasteiger partial charge < -0.3 is 20.9 Å². The van der Waals surface area contributed by atoms with Gasteiger partial charge in [0.1, 0.15) is 0 Å². The van der Waals surface area contributed by atoms with Crippen LogP contribution in [-0.4, -0.2) is 47.8 Å². The fourth-order valence-corrected chi connectivity index (χ4v) is 1.24. The highest BCUT2D eigenvalue weighted by Crippen LogP contribution is 2.09. The SMILES string of the molecule is CCCCC(OC(=O)C(O)NC(=O)CN)C(=O)OOOC(C)=O. The second kappa shape index (κ2) is 11.3. The number of rotatable bonds is 10. The molecule has 0 aliphatic heterocycles. The summed E-state index contributed by atoms with van der Waals surface area (Å²) in [4.78, 5) is 52.8. The number of ether oxygens (including phenoxy) is 1. The molecule has 0 aliphatic carbocycles. The number of hydrogen-bond acceptors (Lipinski definition) is 10. The molecule has 11 nitrogen and oxygen atoms in total. The average Bonchev–Trinajstić information content (AvgIpc) is 2.50. The third-order valence-electron chi connectivity index (χ3n) is 2.32. The molecule has 132 valence electrons. The molecule has 0 bridgehead atoms. The largest absolute Gasteiger partial charge is 0.447 e. The van der Waals surface area contributed by atoms with Crippen LogP contribution in [0, 0.1) is 0 Å². The Morgan fingerprint density at radius 2 is 1.83 bits per heavy atom. The van der Waals surface area contributed by atoms with E-state index in [1.807, 2.05) is 12.2 Å². The van der Waals surface area contributed by atoms with Gasteiger partial charge in [0.25, 0.3) is 0 Å². The third kappa shape index (κ3) is 9.39. The van der Waals surface area contributed by atoms with Gasteiger partial charge in [-0.05, 0) is 12.8 Å². The van der Waals surface area contributed by atoms with Gasteiger partial charge in [-0.3, -0.25) is 14.6 Å². The lowest BCUT2D eigenvalue weighted by Crippen LogP contribution is -2.46. The van der Waals surface area contributed by atoms with E-state index in [9.17, 15) is 24.3 Å². The van der Waals surface area contributed by atoms with Crippen LogP contribution in [0.2, 0.25) is 0 Å². The molecule has 11 heteroatoms. The molecule has 4 N–H and O–H groups in total. The molecule has 0 aromatic carbocycles. The summed E-state index contributed by atoms with van der Waals surface area (Å²) >= 11 is 0. The Hall–Kier alpha value is -2.24. The van der Waals surface area contributed by atoms with Gasteiger partial charge in [0, 0.05) is 12.0 Å². The number of aliphatic hydroxyl groups is 1. The zero-order valence-electron chi connectivity index (χ0n) is 12.8. The van der Waals surface area contributed by atoms with Gasteiger partial charge in [0.15, 0.2) is 0 Å². The van der Waals surface area contributed by atoms with Crippen molar-refractivity contribution in [2.24, 2.45) is 5.73 Å². The number of esters is 1. The van der Waals surface area contributed by atoms with Crippen molar-refractivity contribution >= 4 is 23.8 Å². The lowest BCUT2D eigenvalue weighted by Gasteiger charge is -2.17. The molecule has 0 heterocycles. The van der Waals surface area contributed by atoms with Crippen molar-refractivity contribution in [3.05, 3.63) is 0 Å². The predicted molar refractivity (Wildman–Crippen MR) is 71.6 cm³/mol. The van der Waals surface area contributed by atoms with E-state index in [0.717, 1.165) is 6.92 Å². The zero-order valence-corrected chi connectivity index (χ0v) is 12.8. The molecule has 2 unspecified atom stereocenters. The van der Waals surface area contributed by atoms with Crippen LogP contribution in [0.4, 0.5) is 0 Å². The lowest BCUT2D eigenvalue weighted by atomic mass is 10.1. The maximum Gasteiger partial charge on any atom is 0.386 e. The second-order valence-corrected chi connectivity index (χ2v) is 4.29. The van der Waals surface area contributed by atoms with Gasteiger partial charge in [-0.1, -0.05) is 13.3 Å². The summed E-state index contributed by atoms with van der Waals surface area (Å²) in [6.45, 7) is 2.40. The Labute approximate surface area is 131 Å². The quantitative estimate of drug-likeness (QED) is 0.184. The van der Waals surface area contributed by atoms with Crippen LogP contribution < -0.4 is 11.1 Å². The van der Waals surface area contributed by atoms with Crippen LogP contribution in [0.15, 0.2) is 0 Å². The van der Waals surface area contributed by atoms with E-state index < -0.39 is 42.7 Å². The fourth-order valence-electron chi connectivity index (χ4n) is 1.24. The predicted octanol–water partition coefficient (Wildman–Crippen LogP) is -1.57. The highest BCUT2D eigenvalue weighted by Gasteiger charge is 2.29. The van der Waals surface area contributed by atoms with Crippen molar-refractivity contribution in [1.29, 1.82) is 0 Å². The number of aliphatic hydroxyl groups excluding tert-OH is 1. The zero-order chi connectivity index (χ0) is 17.8. The van der Waals surface area contributed by atoms with Crippen LogP contribution in [0.1, 0.15) is 33.1 Å². The highest BCUT2D eigenvalue weighted by atomic mass is 17.5. The molecule has 1 amide bonds. The topological polar surface area (TPSA) is 163 Å². The van der Waals surface area contributed by atoms with Gasteiger partial charge >= 0.3 is 17.9 Å². The van der Waals surface area contributed by atoms with E-state index in [1.165, 1.54) is 0 Å². The first-order valence-corrected chi connectivity index (χ1v) is 6.75. The summed E-state index contributed by atoms with van der Waals surface area (Å²) in [5.41, 5.74) is 5.01. The average molecular weight is 336 g/mol. The Morgan fingerprint density at radius 3 is 2.35 bits per heavy atom. The van der Waals surface area contributed by atoms with Crippen molar-refractivity contribution < 1.29 is 43.8 Å². The van der Waals surface area contributed by atoms with Crippen LogP contribution in [0.3, 0.4) is 0 Å². The standard InChI is InChI=1S/C12H20N2O9/c1-3-4-5-8(11(18)22-23-21-7(2)15)20-12(19)10(17)14-9(16)6-13/h8,10,17H,3-6,13H2,1-2H3,(H,14,16). The van der Waals surface area contributed by atoms with Crippen LogP contribution in [0.25, 0.3) is 0 Å². The maximum absolute atomic E-state index is 11.7. The monoisotopic (exact) mass is 336 g/mol. The Bertz CT molecular complexity index is 427. The summed E-state index contributed by atoms with van der Waals surface area (Å²) < 4.78 is 4.74. The highest BCUT2D eigenvalue weighted by molar-refractivity contribution is 5.85. The minimum absolute atomic E-state index is 0.0715. The molecule has 2 atom stereocenters. The molecule has 0 spiro atoms. The molecule has 0 aromatic heterocycles. The molecule has 0 aromatic rings. The molecular formula is C12H20N2O9. The lowest BCUT2D eigenvalue weighted by molar-refractivity contribution is -0.460. The van der Waals surface area contributed by atoms with Gasteiger partial charge in [0.05, 0.1) is 6.54 Å².